The van der Waals surface area contributed by atoms with Crippen molar-refractivity contribution in [2.24, 2.45) is 0 Å². The first kappa shape index (κ1) is 22.4. The number of aryl methyl sites for hydroxylation is 1. The van der Waals surface area contributed by atoms with Crippen LogP contribution in [0.4, 0.5) is 5.69 Å². The Kier molecular flexibility index (Phi) is 9.47. The predicted molar refractivity (Wildman–Crippen MR) is 117 cm³/mol. The predicted octanol–water partition coefficient (Wildman–Crippen LogP) is 4.68. The molecule has 0 saturated carbocycles. The molecule has 5 nitrogen and oxygen atoms in total. The standard InChI is InChI=1S/C22H29BrN2O3/c1-16(2)27-12-4-11-24-14-18-13-19(23)7-10-21(18)28-15-22(26)25-20-8-5-17(3)6-9-20/h5-10,13,16,24H,4,11-12,14-15H2,1-3H3,(H,25,26). The van der Waals surface area contributed by atoms with Gasteiger partial charge in [0.1, 0.15) is 5.75 Å². The lowest BCUT2D eigenvalue weighted by molar-refractivity contribution is -0.118. The SMILES string of the molecule is Cc1ccc(NC(=O)COc2ccc(Br)cc2CNCCCOC(C)C)cc1. The third-order valence-corrected chi connectivity index (χ3v) is 4.47. The number of nitrogens with one attached hydrogen (secondary N) is 2. The van der Waals surface area contributed by atoms with Gasteiger partial charge in [-0.15, -0.1) is 0 Å². The number of hydrogen-bond acceptors (Lipinski definition) is 4. The summed E-state index contributed by atoms with van der Waals surface area (Å²) in [6.07, 6.45) is 1.21. The fourth-order valence-electron chi connectivity index (χ4n) is 2.54. The highest BCUT2D eigenvalue weighted by molar-refractivity contribution is 9.10. The molecule has 2 N–H and O–H groups in total. The van der Waals surface area contributed by atoms with Crippen molar-refractivity contribution in [3.8, 4) is 5.75 Å². The van der Waals surface area contributed by atoms with Crippen molar-refractivity contribution in [1.82, 2.24) is 5.32 Å². The molecule has 0 aliphatic carbocycles. The van der Waals surface area contributed by atoms with Gasteiger partial charge in [-0.05, 0) is 64.1 Å². The van der Waals surface area contributed by atoms with E-state index in [-0.39, 0.29) is 18.6 Å². The van der Waals surface area contributed by atoms with E-state index in [1.807, 2.05) is 63.2 Å². The molecule has 0 fully saturated rings. The van der Waals surface area contributed by atoms with Crippen molar-refractivity contribution < 1.29 is 14.3 Å². The highest BCUT2D eigenvalue weighted by Gasteiger charge is 2.08. The maximum Gasteiger partial charge on any atom is 0.262 e. The molecule has 0 spiro atoms. The van der Waals surface area contributed by atoms with Gasteiger partial charge in [0.15, 0.2) is 6.61 Å². The Morgan fingerprint density at radius 3 is 2.61 bits per heavy atom. The van der Waals surface area contributed by atoms with Gasteiger partial charge in [0.2, 0.25) is 0 Å². The smallest absolute Gasteiger partial charge is 0.262 e. The molecule has 0 bridgehead atoms. The van der Waals surface area contributed by atoms with Crippen molar-refractivity contribution in [1.29, 1.82) is 0 Å². The van der Waals surface area contributed by atoms with Crippen LogP contribution in [-0.2, 0) is 16.1 Å². The average Bonchev–Trinajstić information content (AvgIpc) is 2.65. The molecule has 2 aromatic rings. The van der Waals surface area contributed by atoms with Gasteiger partial charge in [0, 0.05) is 28.9 Å². The molecule has 0 unspecified atom stereocenters. The first-order valence-corrected chi connectivity index (χ1v) is 10.3. The topological polar surface area (TPSA) is 59.6 Å². The van der Waals surface area contributed by atoms with Gasteiger partial charge in [-0.25, -0.2) is 0 Å². The minimum absolute atomic E-state index is 0.0370. The summed E-state index contributed by atoms with van der Waals surface area (Å²) < 4.78 is 12.3. The van der Waals surface area contributed by atoms with Crippen LogP contribution in [0, 0.1) is 6.92 Å². The van der Waals surface area contributed by atoms with E-state index in [1.165, 1.54) is 0 Å². The summed E-state index contributed by atoms with van der Waals surface area (Å²) in [4.78, 5) is 12.2. The second-order valence-corrected chi connectivity index (χ2v) is 7.82. The zero-order valence-electron chi connectivity index (χ0n) is 16.8. The van der Waals surface area contributed by atoms with E-state index in [0.717, 1.165) is 40.9 Å². The molecule has 0 radical (unpaired) electrons. The van der Waals surface area contributed by atoms with Crippen LogP contribution in [0.3, 0.4) is 0 Å². The van der Waals surface area contributed by atoms with E-state index in [9.17, 15) is 4.79 Å². The van der Waals surface area contributed by atoms with E-state index >= 15 is 0 Å². The Bertz CT molecular complexity index is 748. The van der Waals surface area contributed by atoms with E-state index < -0.39 is 0 Å². The monoisotopic (exact) mass is 448 g/mol. The molecule has 28 heavy (non-hydrogen) atoms. The third kappa shape index (κ3) is 8.42. The van der Waals surface area contributed by atoms with Crippen LogP contribution >= 0.6 is 15.9 Å². The Balaban J connectivity index is 1.82. The normalized spacial score (nSPS) is 10.9. The zero-order chi connectivity index (χ0) is 20.4. The van der Waals surface area contributed by atoms with Gasteiger partial charge in [-0.1, -0.05) is 33.6 Å². The van der Waals surface area contributed by atoms with Crippen LogP contribution in [0.1, 0.15) is 31.4 Å². The zero-order valence-corrected chi connectivity index (χ0v) is 18.3. The molecular weight excluding hydrogens is 420 g/mol. The lowest BCUT2D eigenvalue weighted by atomic mass is 10.2. The van der Waals surface area contributed by atoms with Crippen molar-refractivity contribution in [2.45, 2.75) is 39.8 Å². The van der Waals surface area contributed by atoms with E-state index in [2.05, 4.69) is 26.6 Å². The summed E-state index contributed by atoms with van der Waals surface area (Å²) in [5.41, 5.74) is 2.92. The second kappa shape index (κ2) is 11.8. The number of carbonyl (C=O) groups is 1. The maximum absolute atomic E-state index is 12.2. The molecule has 0 aliphatic rings. The van der Waals surface area contributed by atoms with Crippen molar-refractivity contribution >= 4 is 27.5 Å². The number of hydrogen-bond donors (Lipinski definition) is 2. The molecule has 152 valence electrons. The number of halogens is 1. The molecular formula is C22H29BrN2O3. The molecule has 2 rings (SSSR count). The van der Waals surface area contributed by atoms with Crippen LogP contribution in [-0.4, -0.2) is 31.8 Å². The fourth-order valence-corrected chi connectivity index (χ4v) is 2.95. The van der Waals surface area contributed by atoms with Crippen LogP contribution in [0.2, 0.25) is 0 Å². The van der Waals surface area contributed by atoms with Crippen LogP contribution in [0.5, 0.6) is 5.75 Å². The molecule has 6 heteroatoms. The minimum atomic E-state index is -0.184. The number of benzene rings is 2. The number of anilines is 1. The number of ether oxygens (including phenoxy) is 2. The van der Waals surface area contributed by atoms with Gasteiger partial charge >= 0.3 is 0 Å². The Morgan fingerprint density at radius 1 is 1.14 bits per heavy atom. The molecule has 2 aromatic carbocycles. The van der Waals surface area contributed by atoms with Gasteiger partial charge in [0.25, 0.3) is 5.91 Å². The molecule has 0 aromatic heterocycles. The molecule has 0 aliphatic heterocycles. The quantitative estimate of drug-likeness (QED) is 0.489. The summed E-state index contributed by atoms with van der Waals surface area (Å²) in [5.74, 6) is 0.518. The molecule has 0 saturated heterocycles. The van der Waals surface area contributed by atoms with Gasteiger partial charge in [0.05, 0.1) is 6.10 Å². The summed E-state index contributed by atoms with van der Waals surface area (Å²) >= 11 is 3.49. The third-order valence-electron chi connectivity index (χ3n) is 3.98. The summed E-state index contributed by atoms with van der Waals surface area (Å²) in [5, 5.41) is 6.24. The Labute approximate surface area is 175 Å². The second-order valence-electron chi connectivity index (χ2n) is 6.90. The minimum Gasteiger partial charge on any atom is -0.483 e. The molecule has 0 atom stereocenters. The summed E-state index contributed by atoms with van der Waals surface area (Å²) in [7, 11) is 0. The number of carbonyl (C=O) groups excluding carboxylic acids is 1. The van der Waals surface area contributed by atoms with Crippen molar-refractivity contribution in [3.63, 3.8) is 0 Å². The maximum atomic E-state index is 12.2. The lowest BCUT2D eigenvalue weighted by Crippen LogP contribution is -2.21. The van der Waals surface area contributed by atoms with Gasteiger partial charge < -0.3 is 20.1 Å². The highest BCUT2D eigenvalue weighted by atomic mass is 79.9. The summed E-state index contributed by atoms with van der Waals surface area (Å²) in [6, 6.07) is 13.5. The molecule has 1 amide bonds. The van der Waals surface area contributed by atoms with Crippen LogP contribution in [0.25, 0.3) is 0 Å². The average molecular weight is 449 g/mol. The van der Waals surface area contributed by atoms with E-state index in [4.69, 9.17) is 9.47 Å². The van der Waals surface area contributed by atoms with Crippen molar-refractivity contribution in [2.75, 3.05) is 25.1 Å². The first-order chi connectivity index (χ1) is 13.4. The Morgan fingerprint density at radius 2 is 1.89 bits per heavy atom. The fraction of sp³-hybridized carbons (Fsp3) is 0.409. The summed E-state index contributed by atoms with van der Waals surface area (Å²) in [6.45, 7) is 8.30. The highest BCUT2D eigenvalue weighted by Crippen LogP contribution is 2.23. The first-order valence-electron chi connectivity index (χ1n) is 9.54. The largest absolute Gasteiger partial charge is 0.483 e. The van der Waals surface area contributed by atoms with Crippen LogP contribution in [0.15, 0.2) is 46.9 Å². The van der Waals surface area contributed by atoms with E-state index in [1.54, 1.807) is 0 Å². The van der Waals surface area contributed by atoms with Gasteiger partial charge in [-0.3, -0.25) is 4.79 Å². The number of rotatable bonds is 11. The number of amides is 1. The molecule has 0 heterocycles. The van der Waals surface area contributed by atoms with Crippen LogP contribution < -0.4 is 15.4 Å². The lowest BCUT2D eigenvalue weighted by Gasteiger charge is -2.13. The van der Waals surface area contributed by atoms with Gasteiger partial charge in [-0.2, -0.15) is 0 Å². The van der Waals surface area contributed by atoms with Crippen molar-refractivity contribution in [3.05, 3.63) is 58.1 Å². The Hall–Kier alpha value is -1.89. The van der Waals surface area contributed by atoms with E-state index in [0.29, 0.717) is 12.3 Å².